The predicted molar refractivity (Wildman–Crippen MR) is 111 cm³/mol. The number of rotatable bonds is 9. The van der Waals surface area contributed by atoms with Crippen molar-refractivity contribution in [3.63, 3.8) is 0 Å². The van der Waals surface area contributed by atoms with Gasteiger partial charge in [-0.15, -0.1) is 0 Å². The highest BCUT2D eigenvalue weighted by molar-refractivity contribution is 5.76. The van der Waals surface area contributed by atoms with Gasteiger partial charge in [0.05, 0.1) is 6.61 Å². The highest BCUT2D eigenvalue weighted by Crippen LogP contribution is 2.13. The van der Waals surface area contributed by atoms with E-state index in [-0.39, 0.29) is 5.91 Å². The second-order valence-corrected chi connectivity index (χ2v) is 7.15. The summed E-state index contributed by atoms with van der Waals surface area (Å²) < 4.78 is 11.5. The molecule has 1 heterocycles. The van der Waals surface area contributed by atoms with Crippen molar-refractivity contribution in [1.82, 2.24) is 9.80 Å². The van der Waals surface area contributed by atoms with Crippen molar-refractivity contribution in [3.8, 4) is 11.5 Å². The minimum absolute atomic E-state index is 0.229. The van der Waals surface area contributed by atoms with Crippen LogP contribution in [0.2, 0.25) is 0 Å². The van der Waals surface area contributed by atoms with Crippen molar-refractivity contribution in [1.29, 1.82) is 0 Å². The number of para-hydroxylation sites is 1. The van der Waals surface area contributed by atoms with Crippen LogP contribution < -0.4 is 9.47 Å². The van der Waals surface area contributed by atoms with Gasteiger partial charge in [0.1, 0.15) is 18.1 Å². The second-order valence-electron chi connectivity index (χ2n) is 7.15. The average Bonchev–Trinajstić information content (AvgIpc) is 2.72. The maximum absolute atomic E-state index is 12.4. The molecule has 1 amide bonds. The predicted octanol–water partition coefficient (Wildman–Crippen LogP) is 3.38. The standard InChI is InChI=1S/C23H30N2O3/c1-20-7-5-10-22(19-20)28-18-16-24-12-14-25(15-13-24)23(26)11-6-17-27-21-8-3-2-4-9-21/h2-5,7-10,19H,6,11-18H2,1H3. The lowest BCUT2D eigenvalue weighted by Crippen LogP contribution is -2.49. The molecule has 2 aromatic carbocycles. The van der Waals surface area contributed by atoms with Gasteiger partial charge in [-0.2, -0.15) is 0 Å². The average molecular weight is 383 g/mol. The number of aryl methyl sites for hydroxylation is 1. The van der Waals surface area contributed by atoms with Gasteiger partial charge in [-0.1, -0.05) is 30.3 Å². The van der Waals surface area contributed by atoms with Crippen LogP contribution in [0.4, 0.5) is 0 Å². The molecule has 0 spiro atoms. The summed E-state index contributed by atoms with van der Waals surface area (Å²) in [5.74, 6) is 2.01. The summed E-state index contributed by atoms with van der Waals surface area (Å²) >= 11 is 0. The van der Waals surface area contributed by atoms with Crippen molar-refractivity contribution in [2.45, 2.75) is 19.8 Å². The fourth-order valence-electron chi connectivity index (χ4n) is 3.31. The number of amides is 1. The second kappa shape index (κ2) is 10.7. The van der Waals surface area contributed by atoms with Gasteiger partial charge < -0.3 is 14.4 Å². The Morgan fingerprint density at radius 1 is 0.893 bits per heavy atom. The van der Waals surface area contributed by atoms with E-state index in [1.165, 1.54) is 5.56 Å². The Morgan fingerprint density at radius 2 is 1.61 bits per heavy atom. The van der Waals surface area contributed by atoms with Crippen LogP contribution in [-0.2, 0) is 4.79 Å². The lowest BCUT2D eigenvalue weighted by molar-refractivity contribution is -0.133. The minimum Gasteiger partial charge on any atom is -0.494 e. The Balaban J connectivity index is 1.27. The molecule has 0 unspecified atom stereocenters. The zero-order valence-corrected chi connectivity index (χ0v) is 16.7. The molecule has 5 nitrogen and oxygen atoms in total. The van der Waals surface area contributed by atoms with E-state index < -0.39 is 0 Å². The topological polar surface area (TPSA) is 42.0 Å². The highest BCUT2D eigenvalue weighted by atomic mass is 16.5. The molecule has 0 aliphatic carbocycles. The number of hydrogen-bond acceptors (Lipinski definition) is 4. The third-order valence-corrected chi connectivity index (χ3v) is 4.94. The highest BCUT2D eigenvalue weighted by Gasteiger charge is 2.20. The zero-order valence-electron chi connectivity index (χ0n) is 16.7. The minimum atomic E-state index is 0.229. The van der Waals surface area contributed by atoms with Crippen LogP contribution >= 0.6 is 0 Å². The summed E-state index contributed by atoms with van der Waals surface area (Å²) in [4.78, 5) is 16.7. The van der Waals surface area contributed by atoms with E-state index in [0.29, 0.717) is 19.6 Å². The normalized spacial score (nSPS) is 14.7. The molecule has 1 fully saturated rings. The van der Waals surface area contributed by atoms with E-state index in [1.54, 1.807) is 0 Å². The molecular weight excluding hydrogens is 352 g/mol. The molecule has 0 radical (unpaired) electrons. The van der Waals surface area contributed by atoms with Crippen molar-refractivity contribution >= 4 is 5.91 Å². The van der Waals surface area contributed by atoms with Gasteiger partial charge in [0.15, 0.2) is 0 Å². The number of ether oxygens (including phenoxy) is 2. The molecule has 0 aromatic heterocycles. The van der Waals surface area contributed by atoms with E-state index in [0.717, 1.165) is 50.6 Å². The lowest BCUT2D eigenvalue weighted by Gasteiger charge is -2.34. The van der Waals surface area contributed by atoms with Crippen molar-refractivity contribution < 1.29 is 14.3 Å². The Morgan fingerprint density at radius 3 is 2.36 bits per heavy atom. The van der Waals surface area contributed by atoms with Crippen LogP contribution in [0.3, 0.4) is 0 Å². The van der Waals surface area contributed by atoms with E-state index in [4.69, 9.17) is 9.47 Å². The molecule has 0 atom stereocenters. The molecule has 2 aromatic rings. The maximum atomic E-state index is 12.4. The molecule has 1 aliphatic rings. The van der Waals surface area contributed by atoms with E-state index in [2.05, 4.69) is 24.0 Å². The number of nitrogens with zero attached hydrogens (tertiary/aromatic N) is 2. The summed E-state index contributed by atoms with van der Waals surface area (Å²) in [6.45, 7) is 7.61. The van der Waals surface area contributed by atoms with Crippen molar-refractivity contribution in [2.75, 3.05) is 45.9 Å². The fourth-order valence-corrected chi connectivity index (χ4v) is 3.31. The number of carbonyl (C=O) groups is 1. The maximum Gasteiger partial charge on any atom is 0.222 e. The van der Waals surface area contributed by atoms with Crippen LogP contribution in [0.25, 0.3) is 0 Å². The van der Waals surface area contributed by atoms with Gasteiger partial charge in [0, 0.05) is 39.1 Å². The smallest absolute Gasteiger partial charge is 0.222 e. The van der Waals surface area contributed by atoms with Crippen LogP contribution in [-0.4, -0.2) is 61.6 Å². The van der Waals surface area contributed by atoms with Crippen LogP contribution in [0.1, 0.15) is 18.4 Å². The number of hydrogen-bond donors (Lipinski definition) is 0. The van der Waals surface area contributed by atoms with Crippen molar-refractivity contribution in [3.05, 3.63) is 60.2 Å². The molecule has 3 rings (SSSR count). The molecule has 0 N–H and O–H groups in total. The quantitative estimate of drug-likeness (QED) is 0.624. The fraction of sp³-hybridized carbons (Fsp3) is 0.435. The molecule has 0 bridgehead atoms. The van der Waals surface area contributed by atoms with Gasteiger partial charge >= 0.3 is 0 Å². The van der Waals surface area contributed by atoms with E-state index >= 15 is 0 Å². The summed E-state index contributed by atoms with van der Waals surface area (Å²) in [5.41, 5.74) is 1.21. The molecular formula is C23H30N2O3. The van der Waals surface area contributed by atoms with Crippen LogP contribution in [0.15, 0.2) is 54.6 Å². The van der Waals surface area contributed by atoms with Gasteiger partial charge in [0.25, 0.3) is 0 Å². The molecule has 5 heteroatoms. The van der Waals surface area contributed by atoms with E-state index in [1.807, 2.05) is 47.4 Å². The summed E-state index contributed by atoms with van der Waals surface area (Å²) in [7, 11) is 0. The molecule has 1 saturated heterocycles. The van der Waals surface area contributed by atoms with Crippen LogP contribution in [0.5, 0.6) is 11.5 Å². The summed E-state index contributed by atoms with van der Waals surface area (Å²) in [6, 6.07) is 17.9. The Bertz CT molecular complexity index is 728. The van der Waals surface area contributed by atoms with Crippen LogP contribution in [0, 0.1) is 6.92 Å². The number of carbonyl (C=O) groups excluding carboxylic acids is 1. The first-order valence-electron chi connectivity index (χ1n) is 10.1. The first-order chi connectivity index (χ1) is 13.7. The molecule has 0 saturated carbocycles. The number of piperazine rings is 1. The Hall–Kier alpha value is -2.53. The van der Waals surface area contributed by atoms with E-state index in [9.17, 15) is 4.79 Å². The monoisotopic (exact) mass is 382 g/mol. The summed E-state index contributed by atoms with van der Waals surface area (Å²) in [5, 5.41) is 0. The number of benzene rings is 2. The molecule has 28 heavy (non-hydrogen) atoms. The van der Waals surface area contributed by atoms with Gasteiger partial charge in [-0.3, -0.25) is 9.69 Å². The Kier molecular flexibility index (Phi) is 7.73. The first-order valence-corrected chi connectivity index (χ1v) is 10.1. The van der Waals surface area contributed by atoms with Gasteiger partial charge in [0.2, 0.25) is 5.91 Å². The zero-order chi connectivity index (χ0) is 19.6. The largest absolute Gasteiger partial charge is 0.494 e. The first kappa shape index (κ1) is 20.2. The summed E-state index contributed by atoms with van der Waals surface area (Å²) in [6.07, 6.45) is 1.29. The molecule has 1 aliphatic heterocycles. The third-order valence-electron chi connectivity index (χ3n) is 4.94. The Labute approximate surface area is 167 Å². The van der Waals surface area contributed by atoms with Gasteiger partial charge in [-0.25, -0.2) is 0 Å². The lowest BCUT2D eigenvalue weighted by atomic mass is 10.2. The van der Waals surface area contributed by atoms with Gasteiger partial charge in [-0.05, 0) is 43.2 Å². The third kappa shape index (κ3) is 6.57. The SMILES string of the molecule is Cc1cccc(OCCN2CCN(C(=O)CCCOc3ccccc3)CC2)c1. The molecule has 150 valence electrons. The van der Waals surface area contributed by atoms with Crippen molar-refractivity contribution in [2.24, 2.45) is 0 Å².